The zero-order valence-corrected chi connectivity index (χ0v) is 12.3. The molecule has 0 saturated carbocycles. The molecule has 114 valence electrons. The Kier molecular flexibility index (Phi) is 4.22. The smallest absolute Gasteiger partial charge is 0.291 e. The van der Waals surface area contributed by atoms with Crippen LogP contribution in [0.4, 0.5) is 0 Å². The lowest BCUT2D eigenvalue weighted by Gasteiger charge is -2.32. The molecule has 0 bridgehead atoms. The van der Waals surface area contributed by atoms with Crippen LogP contribution in [0.1, 0.15) is 29.3 Å². The van der Waals surface area contributed by atoms with Crippen LogP contribution in [0.25, 0.3) is 0 Å². The summed E-state index contributed by atoms with van der Waals surface area (Å²) in [7, 11) is 0. The van der Waals surface area contributed by atoms with E-state index in [4.69, 9.17) is 4.74 Å². The Morgan fingerprint density at radius 2 is 2.09 bits per heavy atom. The number of amides is 1. The summed E-state index contributed by atoms with van der Waals surface area (Å²) in [4.78, 5) is 30.4. The summed E-state index contributed by atoms with van der Waals surface area (Å²) in [6.07, 6.45) is 6.51. The quantitative estimate of drug-likeness (QED) is 0.848. The Morgan fingerprint density at radius 3 is 2.86 bits per heavy atom. The first kappa shape index (κ1) is 14.4. The molecule has 2 aromatic rings. The second kappa shape index (κ2) is 6.46. The lowest BCUT2D eigenvalue weighted by molar-refractivity contribution is 0.0516. The molecule has 1 saturated heterocycles. The van der Waals surface area contributed by atoms with Gasteiger partial charge in [-0.3, -0.25) is 4.79 Å². The molecule has 1 aliphatic heterocycles. The minimum Gasteiger partial charge on any atom is -0.472 e. The van der Waals surface area contributed by atoms with E-state index in [1.807, 2.05) is 6.92 Å². The van der Waals surface area contributed by atoms with E-state index in [0.717, 1.165) is 12.8 Å². The highest BCUT2D eigenvalue weighted by Gasteiger charge is 2.27. The predicted octanol–water partition coefficient (Wildman–Crippen LogP) is 1.26. The molecule has 0 spiro atoms. The van der Waals surface area contributed by atoms with E-state index in [-0.39, 0.29) is 17.8 Å². The largest absolute Gasteiger partial charge is 0.472 e. The summed E-state index contributed by atoms with van der Waals surface area (Å²) in [6, 6.07) is 3.42. The number of carbonyl (C=O) groups is 1. The number of nitrogens with zero attached hydrogens (tertiary/aromatic N) is 5. The third-order valence-corrected chi connectivity index (χ3v) is 3.46. The van der Waals surface area contributed by atoms with Crippen molar-refractivity contribution in [2.45, 2.75) is 25.9 Å². The lowest BCUT2D eigenvalue weighted by atomic mass is 10.1. The van der Waals surface area contributed by atoms with Crippen molar-refractivity contribution in [3.8, 4) is 5.88 Å². The maximum atomic E-state index is 12.4. The Labute approximate surface area is 128 Å². The fraction of sp³-hybridized carbons (Fsp3) is 0.400. The molecule has 1 atom stereocenters. The Morgan fingerprint density at radius 1 is 1.27 bits per heavy atom. The van der Waals surface area contributed by atoms with Gasteiger partial charge in [-0.2, -0.15) is 4.98 Å². The minimum absolute atomic E-state index is 0.0734. The summed E-state index contributed by atoms with van der Waals surface area (Å²) in [6.45, 7) is 3.02. The van der Waals surface area contributed by atoms with Crippen LogP contribution in [-0.4, -0.2) is 49.9 Å². The van der Waals surface area contributed by atoms with Gasteiger partial charge in [-0.05, 0) is 25.8 Å². The number of hydrogen-bond donors (Lipinski definition) is 0. The van der Waals surface area contributed by atoms with Crippen LogP contribution in [0, 0.1) is 6.92 Å². The van der Waals surface area contributed by atoms with Gasteiger partial charge < -0.3 is 9.64 Å². The highest BCUT2D eigenvalue weighted by molar-refractivity contribution is 5.90. The Hall–Kier alpha value is -2.57. The van der Waals surface area contributed by atoms with Crippen molar-refractivity contribution >= 4 is 5.91 Å². The molecule has 0 aliphatic carbocycles. The zero-order chi connectivity index (χ0) is 15.4. The first-order chi connectivity index (χ1) is 10.7. The van der Waals surface area contributed by atoms with Crippen LogP contribution >= 0.6 is 0 Å². The summed E-state index contributed by atoms with van der Waals surface area (Å²) in [5.41, 5.74) is 0. The third-order valence-electron chi connectivity index (χ3n) is 3.46. The van der Waals surface area contributed by atoms with Gasteiger partial charge in [0.2, 0.25) is 11.7 Å². The van der Waals surface area contributed by atoms with Crippen molar-refractivity contribution in [2.24, 2.45) is 0 Å². The van der Waals surface area contributed by atoms with Crippen molar-refractivity contribution in [1.29, 1.82) is 0 Å². The number of piperidine rings is 1. The molecule has 3 heterocycles. The Balaban J connectivity index is 1.65. The normalized spacial score (nSPS) is 18.0. The monoisotopic (exact) mass is 299 g/mol. The summed E-state index contributed by atoms with van der Waals surface area (Å²) in [5.74, 6) is 1.27. The van der Waals surface area contributed by atoms with Gasteiger partial charge in [-0.1, -0.05) is 0 Å². The first-order valence-electron chi connectivity index (χ1n) is 7.25. The fourth-order valence-electron chi connectivity index (χ4n) is 2.44. The van der Waals surface area contributed by atoms with Crippen LogP contribution < -0.4 is 4.74 Å². The maximum absolute atomic E-state index is 12.4. The fourth-order valence-corrected chi connectivity index (χ4v) is 2.44. The number of hydrogen-bond acceptors (Lipinski definition) is 6. The molecular weight excluding hydrogens is 282 g/mol. The average molecular weight is 299 g/mol. The first-order valence-corrected chi connectivity index (χ1v) is 7.25. The van der Waals surface area contributed by atoms with Crippen LogP contribution in [0.15, 0.2) is 30.7 Å². The number of carbonyl (C=O) groups excluding carboxylic acids is 1. The molecule has 7 heteroatoms. The molecule has 1 fully saturated rings. The van der Waals surface area contributed by atoms with Gasteiger partial charge in [0.15, 0.2) is 0 Å². The zero-order valence-electron chi connectivity index (χ0n) is 12.3. The predicted molar refractivity (Wildman–Crippen MR) is 78.4 cm³/mol. The molecule has 1 amide bonds. The van der Waals surface area contributed by atoms with Crippen LogP contribution in [0.3, 0.4) is 0 Å². The maximum Gasteiger partial charge on any atom is 0.291 e. The molecule has 0 radical (unpaired) electrons. The highest BCUT2D eigenvalue weighted by atomic mass is 16.5. The van der Waals surface area contributed by atoms with E-state index in [9.17, 15) is 4.79 Å². The number of aromatic nitrogens is 4. The van der Waals surface area contributed by atoms with Crippen LogP contribution in [0.2, 0.25) is 0 Å². The number of rotatable bonds is 3. The highest BCUT2D eigenvalue weighted by Crippen LogP contribution is 2.17. The van der Waals surface area contributed by atoms with Gasteiger partial charge >= 0.3 is 0 Å². The van der Waals surface area contributed by atoms with Crippen LogP contribution in [0.5, 0.6) is 5.88 Å². The van der Waals surface area contributed by atoms with E-state index in [2.05, 4.69) is 19.9 Å². The number of ether oxygens (including phenoxy) is 1. The van der Waals surface area contributed by atoms with Crippen molar-refractivity contribution < 1.29 is 9.53 Å². The standard InChI is InChI=1S/C15H17N5O2/c1-11-16-8-5-13(19-11)22-12-4-2-9-20(10-12)15(21)14-17-6-3-7-18-14/h3,5-8,12H,2,4,9-10H2,1H3. The molecule has 2 aromatic heterocycles. The molecule has 7 nitrogen and oxygen atoms in total. The van der Waals surface area contributed by atoms with E-state index in [1.165, 1.54) is 0 Å². The van der Waals surface area contributed by atoms with Crippen molar-refractivity contribution in [2.75, 3.05) is 13.1 Å². The number of aryl methyl sites for hydroxylation is 1. The van der Waals surface area contributed by atoms with E-state index in [0.29, 0.717) is 24.8 Å². The van der Waals surface area contributed by atoms with Gasteiger partial charge in [0.05, 0.1) is 6.54 Å². The Bertz CT molecular complexity index is 649. The van der Waals surface area contributed by atoms with Gasteiger partial charge in [-0.15, -0.1) is 0 Å². The average Bonchev–Trinajstić information content (AvgIpc) is 2.55. The molecule has 22 heavy (non-hydrogen) atoms. The van der Waals surface area contributed by atoms with Crippen molar-refractivity contribution in [3.63, 3.8) is 0 Å². The lowest BCUT2D eigenvalue weighted by Crippen LogP contribution is -2.45. The summed E-state index contributed by atoms with van der Waals surface area (Å²) in [5, 5.41) is 0. The van der Waals surface area contributed by atoms with Gasteiger partial charge in [0.25, 0.3) is 5.91 Å². The second-order valence-corrected chi connectivity index (χ2v) is 5.15. The molecule has 0 N–H and O–H groups in total. The minimum atomic E-state index is -0.159. The topological polar surface area (TPSA) is 81.1 Å². The summed E-state index contributed by atoms with van der Waals surface area (Å²) < 4.78 is 5.87. The molecule has 3 rings (SSSR count). The molecule has 1 unspecified atom stereocenters. The second-order valence-electron chi connectivity index (χ2n) is 5.15. The van der Waals surface area contributed by atoms with Crippen molar-refractivity contribution in [3.05, 3.63) is 42.4 Å². The van der Waals surface area contributed by atoms with Gasteiger partial charge in [0, 0.05) is 31.2 Å². The summed E-state index contributed by atoms with van der Waals surface area (Å²) >= 11 is 0. The molecule has 0 aromatic carbocycles. The van der Waals surface area contributed by atoms with Crippen molar-refractivity contribution in [1.82, 2.24) is 24.8 Å². The number of likely N-dealkylation sites (tertiary alicyclic amines) is 1. The van der Waals surface area contributed by atoms with E-state index in [1.54, 1.807) is 35.6 Å². The van der Waals surface area contributed by atoms with Crippen LogP contribution in [-0.2, 0) is 0 Å². The van der Waals surface area contributed by atoms with Gasteiger partial charge in [-0.25, -0.2) is 15.0 Å². The third kappa shape index (κ3) is 3.36. The molecule has 1 aliphatic rings. The molecular formula is C15H17N5O2. The van der Waals surface area contributed by atoms with E-state index < -0.39 is 0 Å². The van der Waals surface area contributed by atoms with E-state index >= 15 is 0 Å². The SMILES string of the molecule is Cc1nccc(OC2CCCN(C(=O)c3ncccn3)C2)n1. The van der Waals surface area contributed by atoms with Gasteiger partial charge in [0.1, 0.15) is 11.9 Å².